The summed E-state index contributed by atoms with van der Waals surface area (Å²) < 4.78 is 0. The summed E-state index contributed by atoms with van der Waals surface area (Å²) in [6, 6.07) is 60.9. The Morgan fingerprint density at radius 3 is 1.96 bits per heavy atom. The minimum absolute atomic E-state index is 0.0253. The molecule has 10 rings (SSSR count). The molecule has 1 heterocycles. The fraction of sp³-hybridized carbons (Fsp3) is 0.0638. The first kappa shape index (κ1) is 29.4. The highest BCUT2D eigenvalue weighted by atomic mass is 15.5. The minimum atomic E-state index is -0.0253. The van der Waals surface area contributed by atoms with E-state index in [1.165, 1.54) is 44.2 Å². The average molecular weight is 655 g/mol. The van der Waals surface area contributed by atoms with Gasteiger partial charge in [-0.1, -0.05) is 123 Å². The maximum absolute atomic E-state index is 4.96. The molecule has 0 N–H and O–H groups in total. The molecule has 0 saturated carbocycles. The maximum Gasteiger partial charge on any atom is 0.122 e. The third kappa shape index (κ3) is 4.68. The van der Waals surface area contributed by atoms with Crippen molar-refractivity contribution in [2.45, 2.75) is 19.3 Å². The van der Waals surface area contributed by atoms with Crippen LogP contribution in [-0.2, 0) is 5.41 Å². The first-order valence-electron chi connectivity index (χ1n) is 17.5. The molecule has 4 heteroatoms. The van der Waals surface area contributed by atoms with Gasteiger partial charge in [-0.05, 0) is 110 Å². The van der Waals surface area contributed by atoms with Crippen LogP contribution in [-0.4, -0.2) is 15.0 Å². The Balaban J connectivity index is 1.04. The normalized spacial score (nSPS) is 13.1. The molecule has 0 fully saturated rings. The van der Waals surface area contributed by atoms with Crippen LogP contribution in [0.15, 0.2) is 170 Å². The van der Waals surface area contributed by atoms with Crippen LogP contribution >= 0.6 is 0 Å². The number of rotatable bonds is 5. The molecule has 0 saturated heterocycles. The van der Waals surface area contributed by atoms with E-state index in [9.17, 15) is 0 Å². The van der Waals surface area contributed by atoms with E-state index in [-0.39, 0.29) is 5.41 Å². The number of aromatic nitrogens is 3. The Bertz CT molecular complexity index is 2760. The molecule has 4 nitrogen and oxygen atoms in total. The highest BCUT2D eigenvalue weighted by molar-refractivity contribution is 6.18. The molecule has 1 aliphatic rings. The van der Waals surface area contributed by atoms with E-state index in [1.807, 2.05) is 30.3 Å². The lowest BCUT2D eigenvalue weighted by molar-refractivity contribution is 0.660. The van der Waals surface area contributed by atoms with Gasteiger partial charge in [0.25, 0.3) is 0 Å². The van der Waals surface area contributed by atoms with Gasteiger partial charge in [-0.2, -0.15) is 4.80 Å². The largest absolute Gasteiger partial charge is 0.310 e. The van der Waals surface area contributed by atoms with Gasteiger partial charge < -0.3 is 4.90 Å². The van der Waals surface area contributed by atoms with Gasteiger partial charge in [0.2, 0.25) is 0 Å². The number of fused-ring (bicyclic) bond motifs is 8. The van der Waals surface area contributed by atoms with Gasteiger partial charge in [0.05, 0.1) is 5.69 Å². The second-order valence-electron chi connectivity index (χ2n) is 14.0. The third-order valence-corrected chi connectivity index (χ3v) is 10.6. The predicted molar refractivity (Wildman–Crippen MR) is 212 cm³/mol. The summed E-state index contributed by atoms with van der Waals surface area (Å²) in [5, 5.41) is 14.4. The summed E-state index contributed by atoms with van der Waals surface area (Å²) in [7, 11) is 0. The van der Waals surface area contributed by atoms with E-state index in [4.69, 9.17) is 10.2 Å². The smallest absolute Gasteiger partial charge is 0.122 e. The van der Waals surface area contributed by atoms with Crippen LogP contribution in [0.1, 0.15) is 25.0 Å². The molecule has 0 aliphatic heterocycles. The van der Waals surface area contributed by atoms with Crippen LogP contribution in [0.3, 0.4) is 0 Å². The molecule has 0 unspecified atom stereocenters. The van der Waals surface area contributed by atoms with Gasteiger partial charge in [0.15, 0.2) is 0 Å². The summed E-state index contributed by atoms with van der Waals surface area (Å²) in [4.78, 5) is 4.10. The van der Waals surface area contributed by atoms with Gasteiger partial charge in [-0.3, -0.25) is 0 Å². The number of para-hydroxylation sites is 2. The molecule has 1 aliphatic carbocycles. The van der Waals surface area contributed by atoms with Crippen LogP contribution in [0.25, 0.3) is 60.5 Å². The van der Waals surface area contributed by atoms with E-state index < -0.39 is 0 Å². The molecule has 9 aromatic rings. The Morgan fingerprint density at radius 1 is 0.490 bits per heavy atom. The van der Waals surface area contributed by atoms with E-state index in [0.717, 1.165) is 44.6 Å². The van der Waals surface area contributed by atoms with Gasteiger partial charge in [-0.15, -0.1) is 10.2 Å². The number of anilines is 3. The van der Waals surface area contributed by atoms with Crippen molar-refractivity contribution in [2.24, 2.45) is 0 Å². The molecule has 0 amide bonds. The summed E-state index contributed by atoms with van der Waals surface area (Å²) >= 11 is 0. The standard InChI is InChI=1S/C47H34N4/c1-47(2)42-16-10-9-15-40(42)41-30-38(25-27-43(41)47)50(35-11-5-3-6-12-35)36-23-19-31(20-24-36)33-21-26-39-34(29-33)18-17-32-22-28-44-46(45(32)39)49-51(48-44)37-13-7-4-8-14-37/h3-30H,1-2H3. The van der Waals surface area contributed by atoms with E-state index in [2.05, 4.69) is 158 Å². The van der Waals surface area contributed by atoms with Crippen molar-refractivity contribution in [1.29, 1.82) is 0 Å². The van der Waals surface area contributed by atoms with E-state index in [0.29, 0.717) is 0 Å². The molecule has 8 aromatic carbocycles. The molecular weight excluding hydrogens is 621 g/mol. The van der Waals surface area contributed by atoms with Crippen molar-refractivity contribution in [3.8, 4) is 27.9 Å². The molecule has 0 bridgehead atoms. The Kier molecular flexibility index (Phi) is 6.49. The quantitative estimate of drug-likeness (QED) is 0.173. The Morgan fingerprint density at radius 2 is 1.14 bits per heavy atom. The minimum Gasteiger partial charge on any atom is -0.310 e. The average Bonchev–Trinajstić information content (AvgIpc) is 3.72. The number of benzene rings is 8. The number of hydrogen-bond donors (Lipinski definition) is 0. The lowest BCUT2D eigenvalue weighted by Crippen LogP contribution is -2.15. The van der Waals surface area contributed by atoms with Crippen molar-refractivity contribution in [2.75, 3.05) is 4.90 Å². The second kappa shape index (κ2) is 11.3. The number of nitrogens with zero attached hydrogens (tertiary/aromatic N) is 4. The lowest BCUT2D eigenvalue weighted by Gasteiger charge is -2.27. The van der Waals surface area contributed by atoms with Crippen molar-refractivity contribution in [3.63, 3.8) is 0 Å². The van der Waals surface area contributed by atoms with Gasteiger partial charge in [0, 0.05) is 27.9 Å². The summed E-state index contributed by atoms with van der Waals surface area (Å²) in [5.41, 5.74) is 13.9. The molecular formula is C47H34N4. The fourth-order valence-electron chi connectivity index (χ4n) is 8.06. The summed E-state index contributed by atoms with van der Waals surface area (Å²) in [5.74, 6) is 0. The zero-order chi connectivity index (χ0) is 34.1. The fourth-order valence-corrected chi connectivity index (χ4v) is 8.06. The van der Waals surface area contributed by atoms with Crippen LogP contribution < -0.4 is 4.90 Å². The molecule has 0 radical (unpaired) electrons. The van der Waals surface area contributed by atoms with E-state index in [1.54, 1.807) is 4.80 Å². The molecule has 242 valence electrons. The highest BCUT2D eigenvalue weighted by Crippen LogP contribution is 2.50. The van der Waals surface area contributed by atoms with Crippen LogP contribution in [0, 0.1) is 0 Å². The molecule has 1 aromatic heterocycles. The predicted octanol–water partition coefficient (Wildman–Crippen LogP) is 12.2. The van der Waals surface area contributed by atoms with E-state index >= 15 is 0 Å². The van der Waals surface area contributed by atoms with Crippen LogP contribution in [0.2, 0.25) is 0 Å². The topological polar surface area (TPSA) is 34.0 Å². The summed E-state index contributed by atoms with van der Waals surface area (Å²) in [6.07, 6.45) is 0. The third-order valence-electron chi connectivity index (χ3n) is 10.6. The Hall–Kier alpha value is -6.52. The van der Waals surface area contributed by atoms with Crippen molar-refractivity contribution < 1.29 is 0 Å². The first-order chi connectivity index (χ1) is 25.0. The summed E-state index contributed by atoms with van der Waals surface area (Å²) in [6.45, 7) is 4.66. The highest BCUT2D eigenvalue weighted by Gasteiger charge is 2.35. The SMILES string of the molecule is CC1(C)c2ccccc2-c2cc(N(c3ccccc3)c3ccc(-c4ccc5c(ccc6ccc7nn(-c8ccccc8)nc7c65)c4)cc3)ccc21. The molecule has 0 atom stereocenters. The van der Waals surface area contributed by atoms with Crippen molar-refractivity contribution >= 4 is 49.6 Å². The number of hydrogen-bond acceptors (Lipinski definition) is 3. The van der Waals surface area contributed by atoms with Crippen molar-refractivity contribution in [3.05, 3.63) is 181 Å². The molecule has 51 heavy (non-hydrogen) atoms. The van der Waals surface area contributed by atoms with Crippen LogP contribution in [0.4, 0.5) is 17.1 Å². The monoisotopic (exact) mass is 654 g/mol. The first-order valence-corrected chi connectivity index (χ1v) is 17.5. The second-order valence-corrected chi connectivity index (χ2v) is 14.0. The Labute approximate surface area is 296 Å². The molecule has 0 spiro atoms. The van der Waals surface area contributed by atoms with Gasteiger partial charge >= 0.3 is 0 Å². The van der Waals surface area contributed by atoms with Gasteiger partial charge in [-0.25, -0.2) is 0 Å². The lowest BCUT2D eigenvalue weighted by atomic mass is 9.82. The maximum atomic E-state index is 4.96. The zero-order valence-corrected chi connectivity index (χ0v) is 28.5. The zero-order valence-electron chi connectivity index (χ0n) is 28.5. The van der Waals surface area contributed by atoms with Crippen molar-refractivity contribution in [1.82, 2.24) is 15.0 Å². The van der Waals surface area contributed by atoms with Crippen LogP contribution in [0.5, 0.6) is 0 Å². The van der Waals surface area contributed by atoms with Gasteiger partial charge in [0.1, 0.15) is 11.0 Å².